The normalized spacial score (nSPS) is 21.3. The van der Waals surface area contributed by atoms with E-state index in [0.29, 0.717) is 6.42 Å². The zero-order chi connectivity index (χ0) is 43.5. The summed E-state index contributed by atoms with van der Waals surface area (Å²) in [6, 6.07) is 0. The first-order valence-electron chi connectivity index (χ1n) is 17.5. The number of ether oxygens (including phenoxy) is 1. The number of hydrogen-bond donors (Lipinski definition) is 9. The summed E-state index contributed by atoms with van der Waals surface area (Å²) in [7, 11) is -16.4. The van der Waals surface area contributed by atoms with E-state index < -0.39 is 84.6 Å². The number of fused-ring (bicyclic) bond motifs is 1. The molecule has 0 aromatic carbocycles. The number of Topliss-reactive ketones (excluding diaryl/α,β-unsaturated/α-hetero) is 1. The number of ketones is 1. The summed E-state index contributed by atoms with van der Waals surface area (Å²) in [6.07, 6.45) is -4.25. The third kappa shape index (κ3) is 15.7. The quantitative estimate of drug-likeness (QED) is 0.0365. The number of rotatable bonds is 25. The van der Waals surface area contributed by atoms with Crippen LogP contribution in [0.5, 0.6) is 0 Å². The highest BCUT2D eigenvalue weighted by Gasteiger charge is 2.50. The van der Waals surface area contributed by atoms with Gasteiger partial charge in [0.25, 0.3) is 0 Å². The van der Waals surface area contributed by atoms with Crippen LogP contribution in [0.3, 0.4) is 0 Å². The summed E-state index contributed by atoms with van der Waals surface area (Å²) in [5.74, 6) is -1.43. The molecule has 3 heterocycles. The number of aliphatic hydroxyl groups excluding tert-OH is 2. The molecule has 25 nitrogen and oxygen atoms in total. The number of unbranched alkanes of at least 4 members (excludes halogenated alkanes) is 2. The highest BCUT2D eigenvalue weighted by Crippen LogP contribution is 2.61. The Morgan fingerprint density at radius 2 is 1.71 bits per heavy atom. The summed E-state index contributed by atoms with van der Waals surface area (Å²) in [5, 5.41) is 26.0. The number of nitrogens with zero attached hydrogens (tertiary/aromatic N) is 4. The van der Waals surface area contributed by atoms with E-state index in [9.17, 15) is 62.7 Å². The number of amides is 2. The van der Waals surface area contributed by atoms with Gasteiger partial charge in [-0.05, 0) is 6.42 Å². The molecular weight excluding hydrogens is 859 g/mol. The van der Waals surface area contributed by atoms with Crippen molar-refractivity contribution in [2.45, 2.75) is 89.9 Å². The Morgan fingerprint density at radius 1 is 1.02 bits per heavy atom. The van der Waals surface area contributed by atoms with Gasteiger partial charge >= 0.3 is 23.5 Å². The predicted molar refractivity (Wildman–Crippen MR) is 201 cm³/mol. The second-order valence-corrected chi connectivity index (χ2v) is 18.9. The van der Waals surface area contributed by atoms with Crippen molar-refractivity contribution in [3.05, 3.63) is 12.7 Å². The molecule has 0 bridgehead atoms. The molecule has 0 aliphatic carbocycles. The first-order chi connectivity index (χ1) is 26.9. The number of thioether (sulfide) groups is 1. The number of aromatic nitrogens is 4. The molecule has 29 heteroatoms. The first-order valence-corrected chi connectivity index (χ1v) is 23.0. The number of carbonyl (C=O) groups is 4. The fraction of sp³-hybridized carbons (Fsp3) is 0.690. The lowest BCUT2D eigenvalue weighted by molar-refractivity contribution is -0.137. The van der Waals surface area contributed by atoms with Gasteiger partial charge in [0.15, 0.2) is 22.8 Å². The van der Waals surface area contributed by atoms with Crippen LogP contribution in [-0.2, 0) is 55.5 Å². The number of nitrogens with two attached hydrogens (primary N) is 1. The van der Waals surface area contributed by atoms with Crippen LogP contribution < -0.4 is 16.4 Å². The first kappa shape index (κ1) is 49.6. The molecule has 10 N–H and O–H groups in total. The van der Waals surface area contributed by atoms with Crippen LogP contribution in [0.4, 0.5) is 5.82 Å². The molecule has 0 spiro atoms. The number of phosphoric ester groups is 3. The minimum atomic E-state index is -5.58. The maximum atomic E-state index is 12.7. The molecule has 1 aliphatic rings. The lowest BCUT2D eigenvalue weighted by atomic mass is 9.87. The van der Waals surface area contributed by atoms with Crippen molar-refractivity contribution in [3.63, 3.8) is 0 Å². The van der Waals surface area contributed by atoms with Crippen LogP contribution >= 0.6 is 35.2 Å². The van der Waals surface area contributed by atoms with Crippen LogP contribution in [0.2, 0.25) is 0 Å². The van der Waals surface area contributed by atoms with Crippen LogP contribution in [-0.4, -0.2) is 128 Å². The van der Waals surface area contributed by atoms with Gasteiger partial charge in [-0.2, -0.15) is 4.31 Å². The van der Waals surface area contributed by atoms with E-state index in [4.69, 9.17) is 19.5 Å². The van der Waals surface area contributed by atoms with E-state index in [1.165, 1.54) is 13.8 Å². The molecule has 58 heavy (non-hydrogen) atoms. The minimum absolute atomic E-state index is 0.0249. The lowest BCUT2D eigenvalue weighted by Crippen LogP contribution is -2.46. The number of nitrogen functional groups attached to an aromatic ring is 1. The second kappa shape index (κ2) is 21.7. The number of aliphatic hydroxyl groups is 2. The molecular formula is C29H48N7O18P3S. The molecule has 2 aromatic rings. The zero-order valence-corrected chi connectivity index (χ0v) is 35.0. The SMILES string of the molecule is CCCCCC(=O)CC(=O)SCCNC(=O)CCNC(=O)C(O)C(C)(C)COP(=O)(O)OP(=O)(O)OC[C@H]1O[C@@H](n2cnc3c(N)ncnc32)[C@H](O)[C@@H]1OP(=O)(O)O. The molecule has 1 aliphatic heterocycles. The summed E-state index contributed by atoms with van der Waals surface area (Å²) < 4.78 is 62.1. The molecule has 1 saturated heterocycles. The van der Waals surface area contributed by atoms with Crippen molar-refractivity contribution < 1.29 is 85.3 Å². The van der Waals surface area contributed by atoms with Gasteiger partial charge in [-0.3, -0.25) is 37.3 Å². The number of carbonyl (C=O) groups excluding carboxylic acids is 4. The van der Waals surface area contributed by atoms with E-state index in [-0.39, 0.29) is 59.6 Å². The number of nitrogens with one attached hydrogen (secondary N) is 2. The van der Waals surface area contributed by atoms with Crippen LogP contribution in [0.15, 0.2) is 12.7 Å². The van der Waals surface area contributed by atoms with Gasteiger partial charge in [0.2, 0.25) is 11.8 Å². The molecule has 0 saturated carbocycles. The Morgan fingerprint density at radius 3 is 2.38 bits per heavy atom. The topological polar surface area (TPSA) is 381 Å². The molecule has 0 radical (unpaired) electrons. The van der Waals surface area contributed by atoms with Crippen molar-refractivity contribution in [1.82, 2.24) is 30.2 Å². The van der Waals surface area contributed by atoms with Gasteiger partial charge in [-0.1, -0.05) is 45.4 Å². The molecule has 7 atom stereocenters. The monoisotopic (exact) mass is 907 g/mol. The standard InChI is InChI=1S/C29H48N7O18P3S/c1-4-5-6-7-17(37)12-20(39)58-11-10-31-19(38)8-9-32-27(42)24(41)29(2,3)14-51-57(48,49)54-56(46,47)50-13-18-23(53-55(43,44)45)22(40)28(52-18)36-16-35-21-25(30)33-15-34-26(21)36/h15-16,18,22-24,28,40-41H,4-14H2,1-3H3,(H,31,38)(H,32,42)(H,46,47)(H,48,49)(H2,30,33,34)(H2,43,44,45)/t18-,22-,23-,24?,28-/m1/s1. The van der Waals surface area contributed by atoms with Gasteiger partial charge in [-0.25, -0.2) is 28.6 Å². The van der Waals surface area contributed by atoms with Crippen LogP contribution in [0, 0.1) is 5.41 Å². The molecule has 1 fully saturated rings. The third-order valence-electron chi connectivity index (χ3n) is 8.17. The van der Waals surface area contributed by atoms with E-state index in [1.54, 1.807) is 0 Å². The Kier molecular flexibility index (Phi) is 18.5. The van der Waals surface area contributed by atoms with Gasteiger partial charge in [0.1, 0.15) is 42.0 Å². The van der Waals surface area contributed by atoms with E-state index >= 15 is 0 Å². The Hall–Kier alpha value is -2.77. The number of hydrogen-bond acceptors (Lipinski definition) is 19. The largest absolute Gasteiger partial charge is 0.481 e. The van der Waals surface area contributed by atoms with Crippen molar-refractivity contribution in [2.24, 2.45) is 5.41 Å². The van der Waals surface area contributed by atoms with Gasteiger partial charge in [-0.15, -0.1) is 0 Å². The molecule has 3 unspecified atom stereocenters. The van der Waals surface area contributed by atoms with Crippen LogP contribution in [0.25, 0.3) is 11.2 Å². The highest BCUT2D eigenvalue weighted by molar-refractivity contribution is 8.13. The predicted octanol–water partition coefficient (Wildman–Crippen LogP) is 0.204. The van der Waals surface area contributed by atoms with E-state index in [1.807, 2.05) is 6.92 Å². The fourth-order valence-corrected chi connectivity index (χ4v) is 8.69. The van der Waals surface area contributed by atoms with Gasteiger partial charge in [0, 0.05) is 37.1 Å². The lowest BCUT2D eigenvalue weighted by Gasteiger charge is -2.30. The summed E-state index contributed by atoms with van der Waals surface area (Å²) in [6.45, 7) is 2.33. The molecule has 3 rings (SSSR count). The van der Waals surface area contributed by atoms with E-state index in [2.05, 4.69) is 34.4 Å². The zero-order valence-electron chi connectivity index (χ0n) is 31.5. The Bertz CT molecular complexity index is 1900. The number of phosphoric acid groups is 3. The molecule has 2 aromatic heterocycles. The maximum Gasteiger partial charge on any atom is 0.481 e. The third-order valence-corrected chi connectivity index (χ3v) is 12.1. The number of anilines is 1. The Labute approximate surface area is 335 Å². The van der Waals surface area contributed by atoms with Crippen molar-refractivity contribution in [1.29, 1.82) is 0 Å². The highest BCUT2D eigenvalue weighted by atomic mass is 32.2. The van der Waals surface area contributed by atoms with Crippen LogP contribution in [0.1, 0.15) is 65.5 Å². The number of imidazole rings is 1. The average Bonchev–Trinajstić information content (AvgIpc) is 3.68. The fourth-order valence-electron chi connectivity index (χ4n) is 5.17. The second-order valence-electron chi connectivity index (χ2n) is 13.5. The Balaban J connectivity index is 1.45. The summed E-state index contributed by atoms with van der Waals surface area (Å²) in [4.78, 5) is 99.4. The van der Waals surface area contributed by atoms with Crippen molar-refractivity contribution in [2.75, 3.05) is 37.8 Å². The van der Waals surface area contributed by atoms with Crippen molar-refractivity contribution >= 4 is 74.9 Å². The van der Waals surface area contributed by atoms with Gasteiger partial charge in [0.05, 0.1) is 26.0 Å². The summed E-state index contributed by atoms with van der Waals surface area (Å²) in [5.41, 5.74) is 4.23. The molecule has 2 amide bonds. The smallest absolute Gasteiger partial charge is 0.386 e. The van der Waals surface area contributed by atoms with Crippen molar-refractivity contribution in [3.8, 4) is 0 Å². The van der Waals surface area contributed by atoms with Gasteiger partial charge < -0.3 is 50.9 Å². The maximum absolute atomic E-state index is 12.7. The summed E-state index contributed by atoms with van der Waals surface area (Å²) >= 11 is 0.917. The average molecular weight is 908 g/mol. The van der Waals surface area contributed by atoms with E-state index in [0.717, 1.165) is 48.2 Å². The minimum Gasteiger partial charge on any atom is -0.386 e. The molecule has 328 valence electrons.